The van der Waals surface area contributed by atoms with Gasteiger partial charge in [0.1, 0.15) is 5.57 Å². The number of amides is 3. The van der Waals surface area contributed by atoms with Gasteiger partial charge < -0.3 is 14.8 Å². The van der Waals surface area contributed by atoms with Gasteiger partial charge in [0, 0.05) is 5.70 Å². The quantitative estimate of drug-likeness (QED) is 0.133. The van der Waals surface area contributed by atoms with Crippen molar-refractivity contribution < 1.29 is 23.9 Å². The summed E-state index contributed by atoms with van der Waals surface area (Å²) >= 11 is 1.01. The van der Waals surface area contributed by atoms with Gasteiger partial charge in [-0.3, -0.25) is 19.3 Å². The number of nitrogens with one attached hydrogen (secondary N) is 1. The van der Waals surface area contributed by atoms with Crippen molar-refractivity contribution in [2.75, 3.05) is 12.9 Å². The van der Waals surface area contributed by atoms with Crippen LogP contribution in [0.25, 0.3) is 6.08 Å². The Labute approximate surface area is 274 Å². The number of allylic oxidation sites excluding steroid dienone is 4. The number of amidine groups is 1. The Morgan fingerprint density at radius 2 is 1.65 bits per heavy atom. The summed E-state index contributed by atoms with van der Waals surface area (Å²) in [5.41, 5.74) is 2.75. The first kappa shape index (κ1) is 33.7. The van der Waals surface area contributed by atoms with Gasteiger partial charge in [0.05, 0.1) is 25.0 Å². The van der Waals surface area contributed by atoms with Gasteiger partial charge in [-0.05, 0) is 61.7 Å². The molecule has 0 aliphatic carbocycles. The van der Waals surface area contributed by atoms with Crippen LogP contribution in [0.4, 0.5) is 0 Å². The second kappa shape index (κ2) is 16.2. The molecule has 8 nitrogen and oxygen atoms in total. The zero-order valence-electron chi connectivity index (χ0n) is 26.3. The molecule has 3 aromatic rings. The van der Waals surface area contributed by atoms with Crippen molar-refractivity contribution in [2.24, 2.45) is 4.99 Å². The zero-order chi connectivity index (χ0) is 33.1. The van der Waals surface area contributed by atoms with Crippen molar-refractivity contribution in [3.8, 4) is 11.5 Å². The number of hydrogen-bond acceptors (Lipinski definition) is 6. The lowest BCUT2D eigenvalue weighted by Gasteiger charge is -2.28. The summed E-state index contributed by atoms with van der Waals surface area (Å²) in [6.07, 6.45) is 8.09. The number of hydrogen-bond donors (Lipinski definition) is 1. The molecule has 1 heterocycles. The second-order valence-electron chi connectivity index (χ2n) is 10.4. The SMILES string of the molecule is C=C/C=C\C(=C/C)N1C(=O)/C(=C/c2ccc(OC(C)C)c(OC)c2)C(=O)N=C1SCC(=O)NC(c1ccccc1)c1ccccc1. The van der Waals surface area contributed by atoms with E-state index in [4.69, 9.17) is 9.47 Å². The summed E-state index contributed by atoms with van der Waals surface area (Å²) in [7, 11) is 1.52. The van der Waals surface area contributed by atoms with Crippen LogP contribution in [-0.4, -0.2) is 46.8 Å². The number of rotatable bonds is 12. The first-order valence-corrected chi connectivity index (χ1v) is 15.8. The molecule has 0 saturated carbocycles. The summed E-state index contributed by atoms with van der Waals surface area (Å²) < 4.78 is 11.3. The van der Waals surface area contributed by atoms with E-state index in [1.807, 2.05) is 74.5 Å². The van der Waals surface area contributed by atoms with E-state index in [1.54, 1.807) is 49.4 Å². The lowest BCUT2D eigenvalue weighted by molar-refractivity contribution is -0.126. The summed E-state index contributed by atoms with van der Waals surface area (Å²) in [6, 6.07) is 24.1. The average molecular weight is 636 g/mol. The highest BCUT2D eigenvalue weighted by atomic mass is 32.2. The molecule has 0 spiro atoms. The van der Waals surface area contributed by atoms with Crippen molar-refractivity contribution in [3.63, 3.8) is 0 Å². The summed E-state index contributed by atoms with van der Waals surface area (Å²) in [5.74, 6) is -0.635. The Hall–Kier alpha value is -5.15. The highest BCUT2D eigenvalue weighted by Crippen LogP contribution is 2.32. The topological polar surface area (TPSA) is 97.3 Å². The highest BCUT2D eigenvalue weighted by Gasteiger charge is 2.35. The van der Waals surface area contributed by atoms with Crippen molar-refractivity contribution >= 4 is 40.7 Å². The minimum Gasteiger partial charge on any atom is -0.493 e. The Kier molecular flexibility index (Phi) is 11.9. The van der Waals surface area contributed by atoms with Crippen LogP contribution in [0, 0.1) is 0 Å². The smallest absolute Gasteiger partial charge is 0.285 e. The zero-order valence-corrected chi connectivity index (χ0v) is 27.1. The van der Waals surface area contributed by atoms with Crippen molar-refractivity contribution in [2.45, 2.75) is 32.9 Å². The number of methoxy groups -OCH3 is 1. The highest BCUT2D eigenvalue weighted by molar-refractivity contribution is 8.14. The Morgan fingerprint density at radius 3 is 2.22 bits per heavy atom. The first-order valence-electron chi connectivity index (χ1n) is 14.8. The number of benzene rings is 3. The molecule has 4 rings (SSSR count). The van der Waals surface area contributed by atoms with Crippen LogP contribution >= 0.6 is 11.8 Å². The summed E-state index contributed by atoms with van der Waals surface area (Å²) in [5, 5.41) is 3.19. The van der Waals surface area contributed by atoms with Crippen LogP contribution in [0.1, 0.15) is 43.5 Å². The predicted octanol–water partition coefficient (Wildman–Crippen LogP) is 6.88. The number of aliphatic imine (C=N–C) groups is 1. The Balaban J connectivity index is 1.63. The standard InChI is InChI=1S/C37H37N3O5S/c1-6-8-19-29(7-2)40-36(43)30(22-26-20-21-31(45-25(3)4)32(23-26)44-5)35(42)39-37(40)46-24-33(41)38-34(27-15-11-9-12-16-27)28-17-13-10-14-18-28/h6-23,25,34H,1,24H2,2-5H3,(H,38,41)/b19-8-,29-7+,30-22+. The number of nitrogens with zero attached hydrogens (tertiary/aromatic N) is 2. The average Bonchev–Trinajstić information content (AvgIpc) is 3.06. The fraction of sp³-hybridized carbons (Fsp3) is 0.189. The minimum atomic E-state index is -0.708. The molecule has 3 aromatic carbocycles. The van der Waals surface area contributed by atoms with E-state index < -0.39 is 11.8 Å². The van der Waals surface area contributed by atoms with Gasteiger partial charge in [-0.25, -0.2) is 0 Å². The maximum Gasteiger partial charge on any atom is 0.285 e. The van der Waals surface area contributed by atoms with Gasteiger partial charge in [-0.2, -0.15) is 4.99 Å². The molecule has 0 atom stereocenters. The van der Waals surface area contributed by atoms with Crippen LogP contribution in [0.3, 0.4) is 0 Å². The number of ether oxygens (including phenoxy) is 2. The number of thioether (sulfide) groups is 1. The van der Waals surface area contributed by atoms with Crippen molar-refractivity contribution in [1.29, 1.82) is 0 Å². The molecule has 1 aliphatic heterocycles. The third-order valence-electron chi connectivity index (χ3n) is 6.77. The molecule has 236 valence electrons. The predicted molar refractivity (Wildman–Crippen MR) is 184 cm³/mol. The van der Waals surface area contributed by atoms with Gasteiger partial charge in [0.2, 0.25) is 5.91 Å². The molecule has 0 unspecified atom stereocenters. The molecule has 9 heteroatoms. The fourth-order valence-corrected chi connectivity index (χ4v) is 5.49. The molecule has 1 aliphatic rings. The van der Waals surface area contributed by atoms with E-state index >= 15 is 0 Å². The van der Waals surface area contributed by atoms with Crippen molar-refractivity contribution in [3.05, 3.63) is 138 Å². The first-order chi connectivity index (χ1) is 22.2. The van der Waals surface area contributed by atoms with E-state index in [-0.39, 0.29) is 34.5 Å². The maximum atomic E-state index is 14.0. The minimum absolute atomic E-state index is 0.0639. The van der Waals surface area contributed by atoms with Crippen LogP contribution < -0.4 is 14.8 Å². The largest absolute Gasteiger partial charge is 0.493 e. The van der Waals surface area contributed by atoms with E-state index in [0.717, 1.165) is 22.9 Å². The fourth-order valence-electron chi connectivity index (χ4n) is 4.69. The van der Waals surface area contributed by atoms with Crippen LogP contribution in [0.5, 0.6) is 11.5 Å². The lowest BCUT2D eigenvalue weighted by atomic mass is 9.99. The Morgan fingerprint density at radius 1 is 1.00 bits per heavy atom. The maximum absolute atomic E-state index is 14.0. The molecule has 0 radical (unpaired) electrons. The van der Waals surface area contributed by atoms with Gasteiger partial charge in [0.25, 0.3) is 11.8 Å². The molecule has 0 bridgehead atoms. The normalized spacial score (nSPS) is 14.7. The monoisotopic (exact) mass is 635 g/mol. The molecule has 1 N–H and O–H groups in total. The van der Waals surface area contributed by atoms with Gasteiger partial charge >= 0.3 is 0 Å². The molecular weight excluding hydrogens is 598 g/mol. The van der Waals surface area contributed by atoms with E-state index in [9.17, 15) is 14.4 Å². The van der Waals surface area contributed by atoms with Crippen LogP contribution in [0.2, 0.25) is 0 Å². The van der Waals surface area contributed by atoms with Crippen LogP contribution in [0.15, 0.2) is 126 Å². The third kappa shape index (κ3) is 8.51. The third-order valence-corrected chi connectivity index (χ3v) is 7.71. The molecule has 46 heavy (non-hydrogen) atoms. The molecule has 0 fully saturated rings. The van der Waals surface area contributed by atoms with Gasteiger partial charge in [-0.15, -0.1) is 0 Å². The van der Waals surface area contributed by atoms with Gasteiger partial charge in [-0.1, -0.05) is 103 Å². The summed E-state index contributed by atoms with van der Waals surface area (Å²) in [4.78, 5) is 46.2. The van der Waals surface area contributed by atoms with Crippen molar-refractivity contribution in [1.82, 2.24) is 10.2 Å². The number of carbonyl (C=O) groups excluding carboxylic acids is 3. The van der Waals surface area contributed by atoms with Gasteiger partial charge in [0.15, 0.2) is 16.7 Å². The summed E-state index contributed by atoms with van der Waals surface area (Å²) in [6.45, 7) is 9.30. The molecule has 0 saturated heterocycles. The number of carbonyl (C=O) groups is 3. The Bertz CT molecular complexity index is 1650. The van der Waals surface area contributed by atoms with E-state index in [0.29, 0.717) is 22.8 Å². The van der Waals surface area contributed by atoms with E-state index in [1.165, 1.54) is 18.1 Å². The lowest BCUT2D eigenvalue weighted by Crippen LogP contribution is -2.42. The second-order valence-corrected chi connectivity index (χ2v) is 11.3. The molecule has 3 amide bonds. The molecular formula is C37H37N3O5S. The molecule has 0 aromatic heterocycles. The van der Waals surface area contributed by atoms with Crippen LogP contribution in [-0.2, 0) is 14.4 Å². The van der Waals surface area contributed by atoms with E-state index in [2.05, 4.69) is 16.9 Å².